The van der Waals surface area contributed by atoms with Crippen molar-refractivity contribution in [2.45, 2.75) is 6.04 Å². The number of hydrogen-bond acceptors (Lipinski definition) is 5. The molecule has 4 rings (SSSR count). The second-order valence-corrected chi connectivity index (χ2v) is 6.20. The van der Waals surface area contributed by atoms with Gasteiger partial charge in [-0.1, -0.05) is 36.4 Å². The van der Waals surface area contributed by atoms with E-state index in [2.05, 4.69) is 9.97 Å². The standard InChI is InChI=1S/C21H16N4O3/c22-18(16-10-11-23-12-24-16)19-17(21(27)28)14-8-4-5-9-15(14)20(26)25(19)13-6-2-1-3-7-13/h1-12,18H,22H2,(H,27,28). The topological polar surface area (TPSA) is 111 Å². The monoisotopic (exact) mass is 372 g/mol. The molecule has 2 heterocycles. The first-order valence-electron chi connectivity index (χ1n) is 8.57. The Hall–Kier alpha value is -3.84. The summed E-state index contributed by atoms with van der Waals surface area (Å²) in [6.07, 6.45) is 2.86. The Morgan fingerprint density at radius 3 is 2.32 bits per heavy atom. The zero-order valence-corrected chi connectivity index (χ0v) is 14.7. The first kappa shape index (κ1) is 17.6. The first-order valence-corrected chi connectivity index (χ1v) is 8.57. The van der Waals surface area contributed by atoms with Crippen LogP contribution in [0.25, 0.3) is 16.5 Å². The third kappa shape index (κ3) is 2.83. The van der Waals surface area contributed by atoms with Gasteiger partial charge in [-0.2, -0.15) is 0 Å². The van der Waals surface area contributed by atoms with E-state index in [1.54, 1.807) is 54.6 Å². The number of nitrogens with zero attached hydrogens (tertiary/aromatic N) is 3. The maximum Gasteiger partial charge on any atom is 0.338 e. The molecule has 0 saturated heterocycles. The molecule has 0 aliphatic heterocycles. The number of aromatic nitrogens is 3. The summed E-state index contributed by atoms with van der Waals surface area (Å²) in [5.41, 5.74) is 7.18. The largest absolute Gasteiger partial charge is 0.478 e. The van der Waals surface area contributed by atoms with Gasteiger partial charge in [-0.3, -0.25) is 9.36 Å². The summed E-state index contributed by atoms with van der Waals surface area (Å²) in [5, 5.41) is 10.7. The number of rotatable bonds is 4. The Morgan fingerprint density at radius 1 is 1.00 bits per heavy atom. The minimum absolute atomic E-state index is 0.0230. The molecule has 0 aliphatic carbocycles. The highest BCUT2D eigenvalue weighted by Gasteiger charge is 2.27. The quantitative estimate of drug-likeness (QED) is 0.569. The van der Waals surface area contributed by atoms with Crippen LogP contribution in [0.15, 0.2) is 78.0 Å². The smallest absolute Gasteiger partial charge is 0.338 e. The van der Waals surface area contributed by atoms with Gasteiger partial charge in [0, 0.05) is 22.7 Å². The fourth-order valence-electron chi connectivity index (χ4n) is 3.34. The van der Waals surface area contributed by atoms with Crippen LogP contribution in [0.3, 0.4) is 0 Å². The molecule has 3 N–H and O–H groups in total. The van der Waals surface area contributed by atoms with Gasteiger partial charge in [0.05, 0.1) is 23.0 Å². The predicted molar refractivity (Wildman–Crippen MR) is 105 cm³/mol. The van der Waals surface area contributed by atoms with Crippen LogP contribution in [0.1, 0.15) is 27.8 Å². The second-order valence-electron chi connectivity index (χ2n) is 6.20. The molecule has 4 aromatic rings. The average molecular weight is 372 g/mol. The van der Waals surface area contributed by atoms with Gasteiger partial charge in [-0.15, -0.1) is 0 Å². The van der Waals surface area contributed by atoms with Gasteiger partial charge in [0.1, 0.15) is 6.33 Å². The van der Waals surface area contributed by atoms with Crippen molar-refractivity contribution in [2.75, 3.05) is 0 Å². The van der Waals surface area contributed by atoms with Crippen LogP contribution in [0.4, 0.5) is 0 Å². The fraction of sp³-hybridized carbons (Fsp3) is 0.0476. The number of benzene rings is 2. The summed E-state index contributed by atoms with van der Waals surface area (Å²) in [4.78, 5) is 33.6. The van der Waals surface area contributed by atoms with Crippen LogP contribution < -0.4 is 11.3 Å². The molecular weight excluding hydrogens is 356 g/mol. The van der Waals surface area contributed by atoms with E-state index >= 15 is 0 Å². The van der Waals surface area contributed by atoms with Gasteiger partial charge in [0.15, 0.2) is 0 Å². The lowest BCUT2D eigenvalue weighted by molar-refractivity contribution is 0.0696. The number of aromatic carboxylic acids is 1. The van der Waals surface area contributed by atoms with Gasteiger partial charge >= 0.3 is 5.97 Å². The maximum absolute atomic E-state index is 13.3. The summed E-state index contributed by atoms with van der Waals surface area (Å²) in [6.45, 7) is 0. The van der Waals surface area contributed by atoms with Crippen molar-refractivity contribution in [1.82, 2.24) is 14.5 Å². The molecule has 0 amide bonds. The van der Waals surface area contributed by atoms with Crippen LogP contribution in [-0.2, 0) is 0 Å². The molecule has 0 bridgehead atoms. The Labute approximate surface area is 159 Å². The molecule has 28 heavy (non-hydrogen) atoms. The summed E-state index contributed by atoms with van der Waals surface area (Å²) in [7, 11) is 0. The Bertz CT molecular complexity index is 1220. The van der Waals surface area contributed by atoms with Crippen molar-refractivity contribution >= 4 is 16.7 Å². The SMILES string of the molecule is NC(c1ccncn1)c1c(C(=O)O)c2ccccc2c(=O)n1-c1ccccc1. The number of carbonyl (C=O) groups is 1. The number of hydrogen-bond donors (Lipinski definition) is 2. The van der Waals surface area contributed by atoms with Gasteiger partial charge in [0.25, 0.3) is 5.56 Å². The van der Waals surface area contributed by atoms with E-state index in [0.717, 1.165) is 0 Å². The summed E-state index contributed by atoms with van der Waals surface area (Å²) in [6, 6.07) is 16.1. The first-order chi connectivity index (χ1) is 13.6. The van der Waals surface area contributed by atoms with Gasteiger partial charge < -0.3 is 10.8 Å². The molecule has 7 heteroatoms. The summed E-state index contributed by atoms with van der Waals surface area (Å²) in [5.74, 6) is -1.17. The maximum atomic E-state index is 13.3. The minimum Gasteiger partial charge on any atom is -0.478 e. The van der Waals surface area contributed by atoms with Crippen molar-refractivity contribution in [2.24, 2.45) is 5.73 Å². The number of carboxylic acids is 1. The van der Waals surface area contributed by atoms with Crippen LogP contribution >= 0.6 is 0 Å². The number of pyridine rings is 1. The zero-order chi connectivity index (χ0) is 19.7. The minimum atomic E-state index is -1.17. The van der Waals surface area contributed by atoms with Gasteiger partial charge in [-0.05, 0) is 24.3 Å². The molecule has 2 aromatic heterocycles. The molecule has 138 valence electrons. The van der Waals surface area contributed by atoms with E-state index in [4.69, 9.17) is 5.73 Å². The van der Waals surface area contributed by atoms with Gasteiger partial charge in [0.2, 0.25) is 0 Å². The highest BCUT2D eigenvalue weighted by Crippen LogP contribution is 2.28. The van der Waals surface area contributed by atoms with E-state index in [1.807, 2.05) is 6.07 Å². The lowest BCUT2D eigenvalue weighted by Crippen LogP contribution is -2.31. The number of carboxylic acid groups (broad SMARTS) is 1. The lowest BCUT2D eigenvalue weighted by atomic mass is 9.97. The number of nitrogens with two attached hydrogens (primary N) is 1. The molecule has 0 aliphatic rings. The third-order valence-electron chi connectivity index (χ3n) is 4.57. The number of fused-ring (bicyclic) bond motifs is 1. The van der Waals surface area contributed by atoms with Crippen molar-refractivity contribution in [1.29, 1.82) is 0 Å². The van der Waals surface area contributed by atoms with Gasteiger partial charge in [-0.25, -0.2) is 14.8 Å². The predicted octanol–water partition coefficient (Wildman–Crippen LogP) is 2.53. The summed E-state index contributed by atoms with van der Waals surface area (Å²) >= 11 is 0. The third-order valence-corrected chi connectivity index (χ3v) is 4.57. The van der Waals surface area contributed by atoms with Crippen LogP contribution in [0, 0.1) is 0 Å². The van der Waals surface area contributed by atoms with Crippen molar-refractivity contribution in [3.8, 4) is 5.69 Å². The molecule has 7 nitrogen and oxygen atoms in total. The van der Waals surface area contributed by atoms with E-state index < -0.39 is 12.0 Å². The summed E-state index contributed by atoms with van der Waals surface area (Å²) < 4.78 is 1.36. The highest BCUT2D eigenvalue weighted by molar-refractivity contribution is 6.04. The lowest BCUT2D eigenvalue weighted by Gasteiger charge is -2.22. The number of para-hydroxylation sites is 1. The van der Waals surface area contributed by atoms with Crippen LogP contribution in [-0.4, -0.2) is 25.6 Å². The molecule has 0 radical (unpaired) electrons. The van der Waals surface area contributed by atoms with Crippen molar-refractivity contribution < 1.29 is 9.90 Å². The second kappa shape index (κ2) is 7.05. The van der Waals surface area contributed by atoms with Crippen LogP contribution in [0.5, 0.6) is 0 Å². The van der Waals surface area contributed by atoms with E-state index in [9.17, 15) is 14.7 Å². The molecule has 0 fully saturated rings. The van der Waals surface area contributed by atoms with Crippen LogP contribution in [0.2, 0.25) is 0 Å². The van der Waals surface area contributed by atoms with E-state index in [-0.39, 0.29) is 16.8 Å². The normalized spacial score (nSPS) is 12.0. The Morgan fingerprint density at radius 2 is 1.68 bits per heavy atom. The molecule has 0 saturated carbocycles. The average Bonchev–Trinajstić information content (AvgIpc) is 2.74. The molecule has 2 aromatic carbocycles. The molecular formula is C21H16N4O3. The van der Waals surface area contributed by atoms with E-state index in [1.165, 1.54) is 17.1 Å². The highest BCUT2D eigenvalue weighted by atomic mass is 16.4. The zero-order valence-electron chi connectivity index (χ0n) is 14.7. The molecule has 0 spiro atoms. The Kier molecular flexibility index (Phi) is 4.42. The molecule has 1 atom stereocenters. The fourth-order valence-corrected chi connectivity index (χ4v) is 3.34. The van der Waals surface area contributed by atoms with Crippen molar-refractivity contribution in [3.63, 3.8) is 0 Å². The molecule has 1 unspecified atom stereocenters. The Balaban J connectivity index is 2.18. The van der Waals surface area contributed by atoms with E-state index in [0.29, 0.717) is 22.2 Å². The van der Waals surface area contributed by atoms with Crippen molar-refractivity contribution in [3.05, 3.63) is 100 Å².